The topological polar surface area (TPSA) is 60.7 Å². The molecule has 1 heterocycles. The predicted octanol–water partition coefficient (Wildman–Crippen LogP) is 4.74. The van der Waals surface area contributed by atoms with Gasteiger partial charge in [-0.3, -0.25) is 0 Å². The Kier molecular flexibility index (Phi) is 4.41. The van der Waals surface area contributed by atoms with Crippen molar-refractivity contribution in [1.82, 2.24) is 0 Å². The lowest BCUT2D eigenvalue weighted by atomic mass is 10.0. The summed E-state index contributed by atoms with van der Waals surface area (Å²) in [6, 6.07) is 19.6. The fourth-order valence-corrected chi connectivity index (χ4v) is 2.67. The van der Waals surface area contributed by atoms with Crippen molar-refractivity contribution in [1.29, 1.82) is 10.5 Å². The molecule has 3 aromatic rings. The van der Waals surface area contributed by atoms with Gasteiger partial charge in [-0.2, -0.15) is 10.5 Å². The standard InChI is InChI=1S/C20H16N2O/c21-13-16-7-5-15(6-8-16)3-1-2-4-19-12-18-11-17(14-22)9-10-20(18)23-19/h5-12H,1-4H2. The highest BCUT2D eigenvalue weighted by molar-refractivity contribution is 5.79. The van der Waals surface area contributed by atoms with E-state index in [0.717, 1.165) is 42.4 Å². The molecule has 0 bridgehead atoms. The average Bonchev–Trinajstić information content (AvgIpc) is 3.01. The first-order valence-electron chi connectivity index (χ1n) is 7.70. The van der Waals surface area contributed by atoms with E-state index in [2.05, 4.69) is 12.1 Å². The number of benzene rings is 2. The molecule has 0 unspecified atom stereocenters. The second kappa shape index (κ2) is 6.81. The molecule has 3 nitrogen and oxygen atoms in total. The van der Waals surface area contributed by atoms with Gasteiger partial charge in [0.25, 0.3) is 0 Å². The first-order valence-corrected chi connectivity index (χ1v) is 7.70. The van der Waals surface area contributed by atoms with Crippen LogP contribution in [-0.2, 0) is 12.8 Å². The van der Waals surface area contributed by atoms with E-state index in [1.165, 1.54) is 5.56 Å². The van der Waals surface area contributed by atoms with Gasteiger partial charge >= 0.3 is 0 Å². The second-order valence-electron chi connectivity index (χ2n) is 5.59. The lowest BCUT2D eigenvalue weighted by Crippen LogP contribution is -1.88. The second-order valence-corrected chi connectivity index (χ2v) is 5.59. The van der Waals surface area contributed by atoms with E-state index < -0.39 is 0 Å². The van der Waals surface area contributed by atoms with Crippen molar-refractivity contribution in [3.05, 3.63) is 71.0 Å². The van der Waals surface area contributed by atoms with Crippen molar-refractivity contribution < 1.29 is 4.42 Å². The lowest BCUT2D eigenvalue weighted by molar-refractivity contribution is 0.532. The molecule has 0 radical (unpaired) electrons. The number of aryl methyl sites for hydroxylation is 2. The number of unbranched alkanes of at least 4 members (excludes halogenated alkanes) is 1. The Hall–Kier alpha value is -3.04. The summed E-state index contributed by atoms with van der Waals surface area (Å²) in [5, 5.41) is 18.7. The summed E-state index contributed by atoms with van der Waals surface area (Å²) in [4.78, 5) is 0. The first kappa shape index (κ1) is 14.9. The summed E-state index contributed by atoms with van der Waals surface area (Å²) in [6.07, 6.45) is 4.02. The molecule has 0 aliphatic rings. The molecule has 0 fully saturated rings. The minimum Gasteiger partial charge on any atom is -0.461 e. The van der Waals surface area contributed by atoms with Crippen molar-refractivity contribution in [2.24, 2.45) is 0 Å². The number of rotatable bonds is 5. The molecule has 0 spiro atoms. The lowest BCUT2D eigenvalue weighted by Gasteiger charge is -2.01. The van der Waals surface area contributed by atoms with Crippen molar-refractivity contribution in [3.8, 4) is 12.1 Å². The van der Waals surface area contributed by atoms with Crippen LogP contribution in [0.25, 0.3) is 11.0 Å². The molecule has 0 amide bonds. The van der Waals surface area contributed by atoms with Crippen LogP contribution < -0.4 is 0 Å². The minimum atomic E-state index is 0.658. The quantitative estimate of drug-likeness (QED) is 0.639. The molecule has 0 atom stereocenters. The van der Waals surface area contributed by atoms with Gasteiger partial charge in [-0.1, -0.05) is 12.1 Å². The summed E-state index contributed by atoms with van der Waals surface area (Å²) in [6.45, 7) is 0. The highest BCUT2D eigenvalue weighted by Gasteiger charge is 2.05. The third kappa shape index (κ3) is 3.59. The molecular formula is C20H16N2O. The Morgan fingerprint density at radius 2 is 1.48 bits per heavy atom. The van der Waals surface area contributed by atoms with Gasteiger partial charge in [0.05, 0.1) is 23.3 Å². The van der Waals surface area contributed by atoms with Crippen LogP contribution in [0.2, 0.25) is 0 Å². The van der Waals surface area contributed by atoms with Gasteiger partial charge in [-0.25, -0.2) is 0 Å². The van der Waals surface area contributed by atoms with Crippen LogP contribution in [0, 0.1) is 22.7 Å². The van der Waals surface area contributed by atoms with E-state index in [1.54, 1.807) is 6.07 Å². The first-order chi connectivity index (χ1) is 11.3. The van der Waals surface area contributed by atoms with Gasteiger partial charge in [0.2, 0.25) is 0 Å². The van der Waals surface area contributed by atoms with Gasteiger partial charge in [0.1, 0.15) is 11.3 Å². The third-order valence-electron chi connectivity index (χ3n) is 3.92. The molecule has 2 aromatic carbocycles. The van der Waals surface area contributed by atoms with Gasteiger partial charge in [-0.15, -0.1) is 0 Å². The number of nitrogens with zero attached hydrogens (tertiary/aromatic N) is 2. The number of hydrogen-bond acceptors (Lipinski definition) is 3. The molecule has 3 rings (SSSR count). The molecule has 0 aliphatic carbocycles. The van der Waals surface area contributed by atoms with Crippen LogP contribution in [0.3, 0.4) is 0 Å². The van der Waals surface area contributed by atoms with E-state index in [-0.39, 0.29) is 0 Å². The number of furan rings is 1. The smallest absolute Gasteiger partial charge is 0.134 e. The monoisotopic (exact) mass is 300 g/mol. The zero-order valence-electron chi connectivity index (χ0n) is 12.7. The average molecular weight is 300 g/mol. The van der Waals surface area contributed by atoms with Crippen molar-refractivity contribution in [2.45, 2.75) is 25.7 Å². The Labute approximate surface area is 135 Å². The fourth-order valence-electron chi connectivity index (χ4n) is 2.67. The van der Waals surface area contributed by atoms with Crippen LogP contribution in [0.4, 0.5) is 0 Å². The maximum absolute atomic E-state index is 8.92. The van der Waals surface area contributed by atoms with Crippen LogP contribution in [0.15, 0.2) is 52.9 Å². The van der Waals surface area contributed by atoms with Crippen LogP contribution >= 0.6 is 0 Å². The summed E-state index contributed by atoms with van der Waals surface area (Å²) in [7, 11) is 0. The largest absolute Gasteiger partial charge is 0.461 e. The van der Waals surface area contributed by atoms with E-state index in [4.69, 9.17) is 14.9 Å². The highest BCUT2D eigenvalue weighted by atomic mass is 16.3. The number of hydrogen-bond donors (Lipinski definition) is 0. The molecule has 0 aliphatic heterocycles. The minimum absolute atomic E-state index is 0.658. The molecule has 23 heavy (non-hydrogen) atoms. The van der Waals surface area contributed by atoms with E-state index in [9.17, 15) is 0 Å². The van der Waals surface area contributed by atoms with Crippen LogP contribution in [-0.4, -0.2) is 0 Å². The van der Waals surface area contributed by atoms with Crippen LogP contribution in [0.5, 0.6) is 0 Å². The van der Waals surface area contributed by atoms with Crippen LogP contribution in [0.1, 0.15) is 35.3 Å². The van der Waals surface area contributed by atoms with Gasteiger partial charge < -0.3 is 4.42 Å². The van der Waals surface area contributed by atoms with E-state index in [1.807, 2.05) is 42.5 Å². The molecule has 0 N–H and O–H groups in total. The molecule has 112 valence electrons. The highest BCUT2D eigenvalue weighted by Crippen LogP contribution is 2.22. The summed E-state index contributed by atoms with van der Waals surface area (Å²) in [5.74, 6) is 0.968. The normalized spacial score (nSPS) is 10.3. The molecule has 3 heteroatoms. The zero-order chi connectivity index (χ0) is 16.1. The third-order valence-corrected chi connectivity index (χ3v) is 3.92. The Morgan fingerprint density at radius 3 is 2.22 bits per heavy atom. The van der Waals surface area contributed by atoms with Crippen molar-refractivity contribution in [3.63, 3.8) is 0 Å². The predicted molar refractivity (Wildman–Crippen MR) is 88.7 cm³/mol. The number of nitriles is 2. The van der Waals surface area contributed by atoms with Crippen molar-refractivity contribution >= 4 is 11.0 Å². The van der Waals surface area contributed by atoms with Gasteiger partial charge in [-0.05, 0) is 61.2 Å². The molecular weight excluding hydrogens is 284 g/mol. The van der Waals surface area contributed by atoms with Crippen molar-refractivity contribution in [2.75, 3.05) is 0 Å². The maximum Gasteiger partial charge on any atom is 0.134 e. The Morgan fingerprint density at radius 1 is 0.783 bits per heavy atom. The molecule has 1 aromatic heterocycles. The zero-order valence-corrected chi connectivity index (χ0v) is 12.7. The molecule has 0 saturated heterocycles. The molecule has 0 saturated carbocycles. The number of fused-ring (bicyclic) bond motifs is 1. The van der Waals surface area contributed by atoms with Gasteiger partial charge in [0.15, 0.2) is 0 Å². The van der Waals surface area contributed by atoms with E-state index >= 15 is 0 Å². The fraction of sp³-hybridized carbons (Fsp3) is 0.200. The Bertz CT molecular complexity index is 892. The van der Waals surface area contributed by atoms with Gasteiger partial charge in [0, 0.05) is 11.8 Å². The Balaban J connectivity index is 1.54. The summed E-state index contributed by atoms with van der Waals surface area (Å²) in [5.41, 5.74) is 3.46. The summed E-state index contributed by atoms with van der Waals surface area (Å²) < 4.78 is 5.80. The van der Waals surface area contributed by atoms with E-state index in [0.29, 0.717) is 11.1 Å². The maximum atomic E-state index is 8.92. The summed E-state index contributed by atoms with van der Waals surface area (Å²) >= 11 is 0. The SMILES string of the molecule is N#Cc1ccc(CCCCc2cc3cc(C#N)ccc3o2)cc1.